The summed E-state index contributed by atoms with van der Waals surface area (Å²) < 4.78 is 0. The normalized spacial score (nSPS) is 16.6. The van der Waals surface area contributed by atoms with Crippen molar-refractivity contribution in [1.82, 2.24) is 10.2 Å². The van der Waals surface area contributed by atoms with Gasteiger partial charge in [-0.05, 0) is 64.5 Å². The van der Waals surface area contributed by atoms with Crippen molar-refractivity contribution in [3.05, 3.63) is 29.3 Å². The topological polar surface area (TPSA) is 44.4 Å². The fourth-order valence-corrected chi connectivity index (χ4v) is 2.82. The van der Waals surface area contributed by atoms with Gasteiger partial charge >= 0.3 is 0 Å². The molecule has 1 saturated heterocycles. The van der Waals surface area contributed by atoms with Crippen LogP contribution in [0.4, 0.5) is 5.69 Å². The molecule has 0 radical (unpaired) electrons. The first-order chi connectivity index (χ1) is 10.0. The molecule has 1 unspecified atom stereocenters. The third kappa shape index (κ3) is 7.53. The SMILES string of the molecule is Cc1ccc(NC(=O)CCC2CCNC2)c(CN(C)C)c1.Cl.Cl. The van der Waals surface area contributed by atoms with Gasteiger partial charge in [0, 0.05) is 18.7 Å². The fraction of sp³-hybridized carbons (Fsp3) is 0.588. The van der Waals surface area contributed by atoms with Crippen LogP contribution < -0.4 is 10.6 Å². The molecule has 1 aliphatic heterocycles. The van der Waals surface area contributed by atoms with Crippen LogP contribution in [0.2, 0.25) is 0 Å². The highest BCUT2D eigenvalue weighted by Crippen LogP contribution is 2.20. The Balaban J connectivity index is 0.00000242. The molecule has 1 aliphatic rings. The second-order valence-electron chi connectivity index (χ2n) is 6.34. The van der Waals surface area contributed by atoms with E-state index in [1.807, 2.05) is 20.2 Å². The minimum absolute atomic E-state index is 0. The lowest BCUT2D eigenvalue weighted by Crippen LogP contribution is -2.18. The molecule has 0 spiro atoms. The number of amides is 1. The second kappa shape index (κ2) is 10.9. The van der Waals surface area contributed by atoms with E-state index in [-0.39, 0.29) is 30.7 Å². The summed E-state index contributed by atoms with van der Waals surface area (Å²) in [4.78, 5) is 14.3. The van der Waals surface area contributed by atoms with Crippen molar-refractivity contribution in [3.8, 4) is 0 Å². The summed E-state index contributed by atoms with van der Waals surface area (Å²) >= 11 is 0. The maximum Gasteiger partial charge on any atom is 0.224 e. The van der Waals surface area contributed by atoms with Crippen LogP contribution in [0.15, 0.2) is 18.2 Å². The first-order valence-corrected chi connectivity index (χ1v) is 7.79. The highest BCUT2D eigenvalue weighted by atomic mass is 35.5. The smallest absolute Gasteiger partial charge is 0.224 e. The van der Waals surface area contributed by atoms with Crippen molar-refractivity contribution in [2.75, 3.05) is 32.5 Å². The lowest BCUT2D eigenvalue weighted by molar-refractivity contribution is -0.116. The van der Waals surface area contributed by atoms with Gasteiger partial charge in [-0.1, -0.05) is 17.7 Å². The number of anilines is 1. The van der Waals surface area contributed by atoms with Crippen molar-refractivity contribution >= 4 is 36.4 Å². The van der Waals surface area contributed by atoms with Gasteiger partial charge in [0.15, 0.2) is 0 Å². The zero-order chi connectivity index (χ0) is 15.2. The van der Waals surface area contributed by atoms with Crippen LogP contribution in [0, 0.1) is 12.8 Å². The molecule has 1 heterocycles. The summed E-state index contributed by atoms with van der Waals surface area (Å²) in [5.41, 5.74) is 3.35. The fourth-order valence-electron chi connectivity index (χ4n) is 2.82. The van der Waals surface area contributed by atoms with E-state index < -0.39 is 0 Å². The molecule has 132 valence electrons. The van der Waals surface area contributed by atoms with E-state index in [0.717, 1.165) is 31.7 Å². The Morgan fingerprint density at radius 3 is 2.70 bits per heavy atom. The van der Waals surface area contributed by atoms with Crippen LogP contribution in [0.25, 0.3) is 0 Å². The Kier molecular flexibility index (Phi) is 10.5. The van der Waals surface area contributed by atoms with E-state index in [0.29, 0.717) is 12.3 Å². The van der Waals surface area contributed by atoms with Gasteiger partial charge in [-0.15, -0.1) is 24.8 Å². The van der Waals surface area contributed by atoms with Crippen LogP contribution in [0.1, 0.15) is 30.4 Å². The molecule has 0 aromatic heterocycles. The van der Waals surface area contributed by atoms with Gasteiger partial charge in [-0.25, -0.2) is 0 Å². The minimum atomic E-state index is 0. The van der Waals surface area contributed by atoms with E-state index in [1.54, 1.807) is 0 Å². The molecule has 1 atom stereocenters. The van der Waals surface area contributed by atoms with Crippen LogP contribution >= 0.6 is 24.8 Å². The molecule has 0 bridgehead atoms. The average Bonchev–Trinajstić information content (AvgIpc) is 2.92. The number of rotatable bonds is 6. The number of nitrogens with zero attached hydrogens (tertiary/aromatic N) is 1. The predicted molar refractivity (Wildman–Crippen MR) is 102 cm³/mol. The number of nitrogens with one attached hydrogen (secondary N) is 2. The third-order valence-corrected chi connectivity index (χ3v) is 3.96. The third-order valence-electron chi connectivity index (χ3n) is 3.96. The number of benzene rings is 1. The Labute approximate surface area is 152 Å². The predicted octanol–water partition coefficient (Wildman–Crippen LogP) is 3.23. The van der Waals surface area contributed by atoms with Gasteiger partial charge in [-0.2, -0.15) is 0 Å². The molecule has 23 heavy (non-hydrogen) atoms. The number of hydrogen-bond donors (Lipinski definition) is 2. The van der Waals surface area contributed by atoms with Crippen molar-refractivity contribution in [2.45, 2.75) is 32.7 Å². The van der Waals surface area contributed by atoms with Crippen LogP contribution in [0.3, 0.4) is 0 Å². The monoisotopic (exact) mass is 361 g/mol. The summed E-state index contributed by atoms with van der Waals surface area (Å²) in [5, 5.41) is 6.43. The molecule has 0 saturated carbocycles. The Hall–Kier alpha value is -0.810. The van der Waals surface area contributed by atoms with E-state index in [9.17, 15) is 4.79 Å². The van der Waals surface area contributed by atoms with Gasteiger partial charge in [-0.3, -0.25) is 4.79 Å². The molecule has 1 amide bonds. The molecule has 2 rings (SSSR count). The second-order valence-corrected chi connectivity index (χ2v) is 6.34. The van der Waals surface area contributed by atoms with Gasteiger partial charge < -0.3 is 15.5 Å². The molecule has 1 aromatic rings. The molecule has 2 N–H and O–H groups in total. The van der Waals surface area contributed by atoms with Crippen LogP contribution in [-0.4, -0.2) is 38.0 Å². The van der Waals surface area contributed by atoms with E-state index in [2.05, 4.69) is 34.6 Å². The molecule has 6 heteroatoms. The summed E-state index contributed by atoms with van der Waals surface area (Å²) in [6.07, 6.45) is 2.79. The van der Waals surface area contributed by atoms with Crippen LogP contribution in [0.5, 0.6) is 0 Å². The van der Waals surface area contributed by atoms with Gasteiger partial charge in [0.25, 0.3) is 0 Å². The Morgan fingerprint density at radius 1 is 1.35 bits per heavy atom. The van der Waals surface area contributed by atoms with Crippen molar-refractivity contribution < 1.29 is 4.79 Å². The number of halogens is 2. The summed E-state index contributed by atoms with van der Waals surface area (Å²) in [6.45, 7) is 5.07. The molecular formula is C17H29Cl2N3O. The zero-order valence-electron chi connectivity index (χ0n) is 14.2. The Bertz CT molecular complexity index is 489. The van der Waals surface area contributed by atoms with E-state index in [4.69, 9.17) is 0 Å². The highest BCUT2D eigenvalue weighted by Gasteiger charge is 2.16. The maximum absolute atomic E-state index is 12.1. The molecule has 0 aliphatic carbocycles. The van der Waals surface area contributed by atoms with Gasteiger partial charge in [0.2, 0.25) is 5.91 Å². The first kappa shape index (κ1) is 22.2. The number of carbonyl (C=O) groups excluding carboxylic acids is 1. The van der Waals surface area contributed by atoms with Gasteiger partial charge in [0.1, 0.15) is 0 Å². The number of aryl methyl sites for hydroxylation is 1. The highest BCUT2D eigenvalue weighted by molar-refractivity contribution is 5.91. The Morgan fingerprint density at radius 2 is 2.09 bits per heavy atom. The maximum atomic E-state index is 12.1. The zero-order valence-corrected chi connectivity index (χ0v) is 15.9. The molecule has 1 fully saturated rings. The lowest BCUT2D eigenvalue weighted by atomic mass is 10.0. The van der Waals surface area contributed by atoms with Crippen LogP contribution in [-0.2, 0) is 11.3 Å². The van der Waals surface area contributed by atoms with E-state index in [1.165, 1.54) is 17.5 Å². The standard InChI is InChI=1S/C17H27N3O.2ClH/c1-13-4-6-16(15(10-13)12-20(2)3)19-17(21)7-5-14-8-9-18-11-14;;/h4,6,10,14,18H,5,7-9,11-12H2,1-3H3,(H,19,21);2*1H. The van der Waals surface area contributed by atoms with Crippen molar-refractivity contribution in [1.29, 1.82) is 0 Å². The number of carbonyl (C=O) groups is 1. The summed E-state index contributed by atoms with van der Waals surface area (Å²) in [6, 6.07) is 6.22. The largest absolute Gasteiger partial charge is 0.326 e. The molecule has 1 aromatic carbocycles. The van der Waals surface area contributed by atoms with Crippen molar-refractivity contribution in [3.63, 3.8) is 0 Å². The average molecular weight is 362 g/mol. The summed E-state index contributed by atoms with van der Waals surface area (Å²) in [7, 11) is 4.09. The quantitative estimate of drug-likeness (QED) is 0.817. The first-order valence-electron chi connectivity index (χ1n) is 7.79. The molecular weight excluding hydrogens is 333 g/mol. The van der Waals surface area contributed by atoms with Crippen molar-refractivity contribution in [2.24, 2.45) is 5.92 Å². The number of hydrogen-bond acceptors (Lipinski definition) is 3. The van der Waals surface area contributed by atoms with E-state index >= 15 is 0 Å². The minimum Gasteiger partial charge on any atom is -0.326 e. The summed E-state index contributed by atoms with van der Waals surface area (Å²) in [5.74, 6) is 0.792. The molecule has 4 nitrogen and oxygen atoms in total. The van der Waals surface area contributed by atoms with Gasteiger partial charge in [0.05, 0.1) is 0 Å². The lowest BCUT2D eigenvalue weighted by Gasteiger charge is -2.16.